The molecule has 0 spiro atoms. The second-order valence-corrected chi connectivity index (χ2v) is 9.71. The standard InChI is InChI=1S/C28H46N2O16/c1-17(40-6)25(35)44-18(2)23(33)41-13-9-10-14-42-24(34)19(3)45-26(36)20(4)46-28(38)30-21(22(31)32)11-7-8-12-29-27(37)43-16-15-39-5/h17-21H,7-16H2,1-6H3,(H,29,37)(H,30,38)(H,31,32). The summed E-state index contributed by atoms with van der Waals surface area (Å²) in [7, 11) is 2.79. The Morgan fingerprint density at radius 2 is 1.11 bits per heavy atom. The van der Waals surface area contributed by atoms with Gasteiger partial charge in [0.1, 0.15) is 12.6 Å². The van der Waals surface area contributed by atoms with Crippen LogP contribution in [-0.2, 0) is 61.9 Å². The van der Waals surface area contributed by atoms with E-state index in [2.05, 4.69) is 10.6 Å². The van der Waals surface area contributed by atoms with Crippen LogP contribution in [0.5, 0.6) is 0 Å². The number of methoxy groups -OCH3 is 2. The van der Waals surface area contributed by atoms with Gasteiger partial charge in [0.05, 0.1) is 19.8 Å². The molecule has 0 aliphatic rings. The summed E-state index contributed by atoms with van der Waals surface area (Å²) in [6, 6.07) is -1.33. The first kappa shape index (κ1) is 41.8. The molecule has 0 aromatic heterocycles. The fourth-order valence-electron chi connectivity index (χ4n) is 3.09. The van der Waals surface area contributed by atoms with Crippen molar-refractivity contribution in [2.45, 2.75) is 90.3 Å². The van der Waals surface area contributed by atoms with Gasteiger partial charge in [-0.3, -0.25) is 0 Å². The molecule has 0 aliphatic heterocycles. The Morgan fingerprint density at radius 1 is 0.587 bits per heavy atom. The van der Waals surface area contributed by atoms with Gasteiger partial charge in [0, 0.05) is 20.8 Å². The van der Waals surface area contributed by atoms with Crippen LogP contribution in [0.25, 0.3) is 0 Å². The molecule has 0 fully saturated rings. The quantitative estimate of drug-likeness (QED) is 0.0778. The Balaban J connectivity index is 4.30. The minimum atomic E-state index is -1.48. The van der Waals surface area contributed by atoms with Crippen LogP contribution in [0.1, 0.15) is 59.8 Å². The van der Waals surface area contributed by atoms with E-state index in [0.717, 1.165) is 0 Å². The normalized spacial score (nSPS) is 13.9. The predicted octanol–water partition coefficient (Wildman–Crippen LogP) is 0.862. The number of esters is 4. The summed E-state index contributed by atoms with van der Waals surface area (Å²) in [5, 5.41) is 14.0. The number of aliphatic carboxylic acids is 1. The van der Waals surface area contributed by atoms with Crippen LogP contribution in [0.4, 0.5) is 9.59 Å². The van der Waals surface area contributed by atoms with Crippen LogP contribution >= 0.6 is 0 Å². The van der Waals surface area contributed by atoms with Gasteiger partial charge in [-0.1, -0.05) is 0 Å². The number of alkyl carbamates (subject to hydrolysis) is 2. The number of hydrogen-bond acceptors (Lipinski definition) is 15. The van der Waals surface area contributed by atoms with Crippen LogP contribution in [0.15, 0.2) is 0 Å². The summed E-state index contributed by atoms with van der Waals surface area (Å²) in [5.74, 6) is -4.74. The van der Waals surface area contributed by atoms with Crippen molar-refractivity contribution >= 4 is 42.0 Å². The zero-order valence-electron chi connectivity index (χ0n) is 27.0. The van der Waals surface area contributed by atoms with Crippen molar-refractivity contribution in [3.8, 4) is 0 Å². The fourth-order valence-corrected chi connectivity index (χ4v) is 3.09. The van der Waals surface area contributed by atoms with Crippen LogP contribution in [0, 0.1) is 0 Å². The molecule has 0 aliphatic carbocycles. The van der Waals surface area contributed by atoms with Gasteiger partial charge in [-0.15, -0.1) is 0 Å². The number of carbonyl (C=O) groups excluding carboxylic acids is 6. The number of carbonyl (C=O) groups is 7. The van der Waals surface area contributed by atoms with Gasteiger partial charge in [0.15, 0.2) is 24.4 Å². The highest BCUT2D eigenvalue weighted by Crippen LogP contribution is 2.06. The maximum absolute atomic E-state index is 12.3. The minimum Gasteiger partial charge on any atom is -0.480 e. The molecule has 18 heteroatoms. The van der Waals surface area contributed by atoms with Crippen molar-refractivity contribution in [2.24, 2.45) is 0 Å². The molecule has 0 rings (SSSR count). The first-order chi connectivity index (χ1) is 21.7. The molecule has 0 aromatic carbocycles. The lowest BCUT2D eigenvalue weighted by Gasteiger charge is -2.18. The highest BCUT2D eigenvalue weighted by molar-refractivity contribution is 5.84. The lowest BCUT2D eigenvalue weighted by molar-refractivity contribution is -0.172. The number of hydrogen-bond donors (Lipinski definition) is 3. The van der Waals surface area contributed by atoms with E-state index in [9.17, 15) is 38.7 Å². The van der Waals surface area contributed by atoms with Crippen LogP contribution in [-0.4, -0.2) is 125 Å². The van der Waals surface area contributed by atoms with Crippen LogP contribution in [0.3, 0.4) is 0 Å². The summed E-state index contributed by atoms with van der Waals surface area (Å²) in [4.78, 5) is 83.0. The molecule has 0 heterocycles. The second-order valence-electron chi connectivity index (χ2n) is 9.71. The zero-order chi connectivity index (χ0) is 35.1. The summed E-state index contributed by atoms with van der Waals surface area (Å²) < 4.78 is 39.1. The Hall–Kier alpha value is -4.19. The molecule has 264 valence electrons. The number of amides is 2. The summed E-state index contributed by atoms with van der Waals surface area (Å²) in [5.41, 5.74) is 0. The average Bonchev–Trinajstić information content (AvgIpc) is 3.00. The number of nitrogens with one attached hydrogen (secondary N) is 2. The van der Waals surface area contributed by atoms with Gasteiger partial charge in [-0.25, -0.2) is 33.6 Å². The van der Waals surface area contributed by atoms with Gasteiger partial charge in [0.25, 0.3) is 0 Å². The Bertz CT molecular complexity index is 991. The Labute approximate surface area is 267 Å². The lowest BCUT2D eigenvalue weighted by atomic mass is 10.1. The molecule has 46 heavy (non-hydrogen) atoms. The molecular formula is C28H46N2O16. The van der Waals surface area contributed by atoms with Crippen LogP contribution in [0.2, 0.25) is 0 Å². The average molecular weight is 667 g/mol. The van der Waals surface area contributed by atoms with Crippen molar-refractivity contribution in [3.63, 3.8) is 0 Å². The highest BCUT2D eigenvalue weighted by Gasteiger charge is 2.28. The smallest absolute Gasteiger partial charge is 0.408 e. The molecule has 0 saturated carbocycles. The lowest BCUT2D eigenvalue weighted by Crippen LogP contribution is -2.43. The third-order valence-corrected chi connectivity index (χ3v) is 5.88. The number of rotatable bonds is 23. The largest absolute Gasteiger partial charge is 0.480 e. The van der Waals surface area contributed by atoms with E-state index in [0.29, 0.717) is 25.7 Å². The maximum Gasteiger partial charge on any atom is 0.408 e. The van der Waals surface area contributed by atoms with E-state index >= 15 is 0 Å². The predicted molar refractivity (Wildman–Crippen MR) is 154 cm³/mol. The summed E-state index contributed by atoms with van der Waals surface area (Å²) in [6.07, 6.45) is -5.26. The van der Waals surface area contributed by atoms with E-state index < -0.39 is 72.5 Å². The van der Waals surface area contributed by atoms with E-state index in [4.69, 9.17) is 37.9 Å². The number of carboxylic acids is 1. The van der Waals surface area contributed by atoms with Gasteiger partial charge in [0.2, 0.25) is 0 Å². The molecule has 2 amide bonds. The fraction of sp³-hybridized carbons (Fsp3) is 0.750. The van der Waals surface area contributed by atoms with Gasteiger partial charge in [-0.2, -0.15) is 0 Å². The Morgan fingerprint density at radius 3 is 1.61 bits per heavy atom. The number of unbranched alkanes of at least 4 members (excludes halogenated alkanes) is 2. The zero-order valence-corrected chi connectivity index (χ0v) is 27.0. The number of carboxylic acid groups (broad SMARTS) is 1. The Kier molecular flexibility index (Phi) is 21.9. The van der Waals surface area contributed by atoms with E-state index in [1.807, 2.05) is 0 Å². The minimum absolute atomic E-state index is 0.0116. The number of ether oxygens (including phenoxy) is 8. The molecular weight excluding hydrogens is 620 g/mol. The van der Waals surface area contributed by atoms with Gasteiger partial charge >= 0.3 is 42.0 Å². The summed E-state index contributed by atoms with van der Waals surface area (Å²) >= 11 is 0. The highest BCUT2D eigenvalue weighted by atomic mass is 16.6. The van der Waals surface area contributed by atoms with E-state index in [1.54, 1.807) is 0 Å². The van der Waals surface area contributed by atoms with Gasteiger partial charge in [-0.05, 0) is 59.8 Å². The van der Waals surface area contributed by atoms with Gasteiger partial charge < -0.3 is 53.6 Å². The monoisotopic (exact) mass is 666 g/mol. The molecule has 18 nitrogen and oxygen atoms in total. The second kappa shape index (κ2) is 24.1. The van der Waals surface area contributed by atoms with Crippen molar-refractivity contribution in [1.29, 1.82) is 0 Å². The first-order valence-electron chi connectivity index (χ1n) is 14.6. The van der Waals surface area contributed by atoms with E-state index in [1.165, 1.54) is 41.9 Å². The molecule has 0 aromatic rings. The third kappa shape index (κ3) is 19.3. The third-order valence-electron chi connectivity index (χ3n) is 5.88. The molecule has 0 saturated heterocycles. The van der Waals surface area contributed by atoms with Crippen molar-refractivity contribution < 1.29 is 76.6 Å². The molecule has 0 radical (unpaired) electrons. The molecule has 3 N–H and O–H groups in total. The topological polar surface area (TPSA) is 238 Å². The van der Waals surface area contributed by atoms with Crippen molar-refractivity contribution in [1.82, 2.24) is 10.6 Å². The summed E-state index contributed by atoms with van der Waals surface area (Å²) in [6.45, 7) is 5.71. The van der Waals surface area contributed by atoms with E-state index in [-0.39, 0.29) is 39.4 Å². The SMILES string of the molecule is COCCOC(=O)NCCCCC(NC(=O)OC(C)C(=O)OC(C)C(=O)OCCCCOC(=O)C(C)OC(=O)C(C)OC)C(=O)O. The molecule has 5 atom stereocenters. The molecule has 5 unspecified atom stereocenters. The van der Waals surface area contributed by atoms with Crippen LogP contribution < -0.4 is 10.6 Å². The first-order valence-corrected chi connectivity index (χ1v) is 14.6. The van der Waals surface area contributed by atoms with Crippen molar-refractivity contribution in [3.05, 3.63) is 0 Å². The maximum atomic E-state index is 12.3. The molecule has 0 bridgehead atoms. The van der Waals surface area contributed by atoms with Crippen molar-refractivity contribution in [2.75, 3.05) is 47.2 Å².